The largest absolute Gasteiger partial charge is 0.441 e. The van der Waals surface area contributed by atoms with Crippen LogP contribution >= 0.6 is 0 Å². The van der Waals surface area contributed by atoms with Gasteiger partial charge in [0.05, 0.1) is 13.0 Å². The van der Waals surface area contributed by atoms with Crippen LogP contribution in [0, 0.1) is 6.92 Å². The van der Waals surface area contributed by atoms with Gasteiger partial charge in [-0.2, -0.15) is 0 Å². The molecule has 0 bridgehead atoms. The van der Waals surface area contributed by atoms with Crippen molar-refractivity contribution < 1.29 is 13.9 Å². The minimum absolute atomic E-state index is 0.0217. The maximum Gasteiger partial charge on any atom is 0.224 e. The average Bonchev–Trinajstić information content (AvgIpc) is 2.69. The fourth-order valence-corrected chi connectivity index (χ4v) is 1.74. The first-order chi connectivity index (χ1) is 8.69. The minimum atomic E-state index is -0.0217. The molecule has 5 heteroatoms. The van der Waals surface area contributed by atoms with Gasteiger partial charge >= 0.3 is 0 Å². The number of hydrogen-bond acceptors (Lipinski definition) is 4. The van der Waals surface area contributed by atoms with Gasteiger partial charge in [0, 0.05) is 20.6 Å². The van der Waals surface area contributed by atoms with Crippen LogP contribution in [-0.4, -0.2) is 31.2 Å². The summed E-state index contributed by atoms with van der Waals surface area (Å²) >= 11 is 0. The van der Waals surface area contributed by atoms with E-state index >= 15 is 0 Å². The molecule has 0 radical (unpaired) electrons. The van der Waals surface area contributed by atoms with E-state index in [1.807, 2.05) is 18.2 Å². The summed E-state index contributed by atoms with van der Waals surface area (Å²) in [6.45, 7) is 2.85. The van der Waals surface area contributed by atoms with E-state index in [9.17, 15) is 4.79 Å². The predicted molar refractivity (Wildman–Crippen MR) is 67.3 cm³/mol. The molecule has 0 unspecified atom stereocenters. The Morgan fingerprint density at radius 3 is 3.11 bits per heavy atom. The molecular formula is C13H16N2O3. The number of aryl methyl sites for hydroxylation is 1. The number of hydrogen-bond donors (Lipinski definition) is 1. The Labute approximate surface area is 105 Å². The van der Waals surface area contributed by atoms with Crippen LogP contribution in [0.15, 0.2) is 22.6 Å². The molecule has 0 fully saturated rings. The van der Waals surface area contributed by atoms with Gasteiger partial charge in [-0.15, -0.1) is 0 Å². The van der Waals surface area contributed by atoms with Crippen LogP contribution in [-0.2, 0) is 16.0 Å². The van der Waals surface area contributed by atoms with Gasteiger partial charge in [0.15, 0.2) is 11.5 Å². The molecule has 1 N–H and O–H groups in total. The van der Waals surface area contributed by atoms with Gasteiger partial charge in [-0.25, -0.2) is 4.98 Å². The molecule has 1 amide bonds. The monoisotopic (exact) mass is 248 g/mol. The van der Waals surface area contributed by atoms with Crippen molar-refractivity contribution >= 4 is 17.0 Å². The summed E-state index contributed by atoms with van der Waals surface area (Å²) in [7, 11) is 1.60. The fraction of sp³-hybridized carbons (Fsp3) is 0.385. The summed E-state index contributed by atoms with van der Waals surface area (Å²) in [4.78, 5) is 15.9. The van der Waals surface area contributed by atoms with Crippen LogP contribution in [0.2, 0.25) is 0 Å². The standard InChI is InChI=1S/C13H16N2O3/c1-9-15-11-7-10(3-4-12(11)18-9)8-13(16)14-5-6-17-2/h3-4,7H,5-6,8H2,1-2H3,(H,14,16). The molecule has 1 aromatic carbocycles. The maximum atomic E-state index is 11.6. The molecule has 96 valence electrons. The number of rotatable bonds is 5. The Kier molecular flexibility index (Phi) is 3.94. The highest BCUT2D eigenvalue weighted by Crippen LogP contribution is 2.16. The molecular weight excluding hydrogens is 232 g/mol. The number of methoxy groups -OCH3 is 1. The lowest BCUT2D eigenvalue weighted by Gasteiger charge is -2.04. The Balaban J connectivity index is 2.00. The molecule has 0 spiro atoms. The van der Waals surface area contributed by atoms with E-state index in [1.54, 1.807) is 14.0 Å². The molecule has 0 aliphatic rings. The first kappa shape index (κ1) is 12.6. The lowest BCUT2D eigenvalue weighted by Crippen LogP contribution is -2.28. The zero-order chi connectivity index (χ0) is 13.0. The maximum absolute atomic E-state index is 11.6. The number of carbonyl (C=O) groups excluding carboxylic acids is 1. The zero-order valence-corrected chi connectivity index (χ0v) is 10.5. The van der Waals surface area contributed by atoms with Crippen molar-refractivity contribution in [2.24, 2.45) is 0 Å². The molecule has 2 rings (SSSR count). The molecule has 2 aromatic rings. The first-order valence-electron chi connectivity index (χ1n) is 5.81. The quantitative estimate of drug-likeness (QED) is 0.813. The number of aromatic nitrogens is 1. The van der Waals surface area contributed by atoms with Crippen molar-refractivity contribution in [3.63, 3.8) is 0 Å². The van der Waals surface area contributed by atoms with Crippen molar-refractivity contribution in [1.29, 1.82) is 0 Å². The lowest BCUT2D eigenvalue weighted by molar-refractivity contribution is -0.120. The van der Waals surface area contributed by atoms with Crippen molar-refractivity contribution in [3.05, 3.63) is 29.7 Å². The second kappa shape index (κ2) is 5.64. The highest BCUT2D eigenvalue weighted by atomic mass is 16.5. The van der Waals surface area contributed by atoms with Crippen LogP contribution in [0.5, 0.6) is 0 Å². The van der Waals surface area contributed by atoms with Crippen LogP contribution < -0.4 is 5.32 Å². The minimum Gasteiger partial charge on any atom is -0.441 e. The second-order valence-electron chi connectivity index (χ2n) is 4.05. The predicted octanol–water partition coefficient (Wildman–Crippen LogP) is 1.44. The van der Waals surface area contributed by atoms with E-state index < -0.39 is 0 Å². The first-order valence-corrected chi connectivity index (χ1v) is 5.81. The van der Waals surface area contributed by atoms with E-state index in [1.165, 1.54) is 0 Å². The molecule has 18 heavy (non-hydrogen) atoms. The smallest absolute Gasteiger partial charge is 0.224 e. The molecule has 0 atom stereocenters. The van der Waals surface area contributed by atoms with E-state index in [4.69, 9.17) is 9.15 Å². The van der Waals surface area contributed by atoms with Gasteiger partial charge < -0.3 is 14.5 Å². The van der Waals surface area contributed by atoms with Crippen LogP contribution in [0.1, 0.15) is 11.5 Å². The van der Waals surface area contributed by atoms with Crippen LogP contribution in [0.25, 0.3) is 11.1 Å². The van der Waals surface area contributed by atoms with Gasteiger partial charge in [-0.1, -0.05) is 6.07 Å². The lowest BCUT2D eigenvalue weighted by atomic mass is 10.1. The number of nitrogens with zero attached hydrogens (tertiary/aromatic N) is 1. The number of ether oxygens (including phenoxy) is 1. The molecule has 5 nitrogen and oxygen atoms in total. The van der Waals surface area contributed by atoms with Gasteiger partial charge in [0.25, 0.3) is 0 Å². The van der Waals surface area contributed by atoms with Crippen molar-refractivity contribution in [3.8, 4) is 0 Å². The van der Waals surface area contributed by atoms with E-state index in [-0.39, 0.29) is 5.91 Å². The van der Waals surface area contributed by atoms with Crippen molar-refractivity contribution in [2.45, 2.75) is 13.3 Å². The highest BCUT2D eigenvalue weighted by molar-refractivity contribution is 5.81. The van der Waals surface area contributed by atoms with Gasteiger partial charge in [-0.3, -0.25) is 4.79 Å². The van der Waals surface area contributed by atoms with Crippen LogP contribution in [0.4, 0.5) is 0 Å². The SMILES string of the molecule is COCCNC(=O)Cc1ccc2oc(C)nc2c1. The number of benzene rings is 1. The van der Waals surface area contributed by atoms with E-state index in [0.717, 1.165) is 16.7 Å². The molecule has 0 aliphatic heterocycles. The van der Waals surface area contributed by atoms with Crippen molar-refractivity contribution in [2.75, 3.05) is 20.3 Å². The normalized spacial score (nSPS) is 10.8. The summed E-state index contributed by atoms with van der Waals surface area (Å²) in [5, 5.41) is 2.78. The summed E-state index contributed by atoms with van der Waals surface area (Å²) in [5.41, 5.74) is 2.46. The Hall–Kier alpha value is -1.88. The molecule has 1 heterocycles. The number of oxazole rings is 1. The van der Waals surface area contributed by atoms with E-state index in [0.29, 0.717) is 25.5 Å². The van der Waals surface area contributed by atoms with Crippen molar-refractivity contribution in [1.82, 2.24) is 10.3 Å². The molecule has 0 saturated heterocycles. The molecule has 0 aliphatic carbocycles. The molecule has 0 saturated carbocycles. The topological polar surface area (TPSA) is 64.4 Å². The Bertz CT molecular complexity index is 548. The zero-order valence-electron chi connectivity index (χ0n) is 10.5. The number of nitrogens with one attached hydrogen (secondary N) is 1. The third-order valence-corrected chi connectivity index (χ3v) is 2.55. The van der Waals surface area contributed by atoms with Gasteiger partial charge in [0.2, 0.25) is 5.91 Å². The number of amides is 1. The third kappa shape index (κ3) is 3.07. The summed E-state index contributed by atoms with van der Waals surface area (Å²) in [5.74, 6) is 0.610. The Morgan fingerprint density at radius 1 is 1.50 bits per heavy atom. The Morgan fingerprint density at radius 2 is 2.33 bits per heavy atom. The summed E-state index contributed by atoms with van der Waals surface area (Å²) in [6, 6.07) is 5.59. The number of fused-ring (bicyclic) bond motifs is 1. The van der Waals surface area contributed by atoms with Gasteiger partial charge in [0.1, 0.15) is 5.52 Å². The highest BCUT2D eigenvalue weighted by Gasteiger charge is 2.06. The van der Waals surface area contributed by atoms with Crippen LogP contribution in [0.3, 0.4) is 0 Å². The average molecular weight is 248 g/mol. The van der Waals surface area contributed by atoms with Gasteiger partial charge in [-0.05, 0) is 17.7 Å². The molecule has 1 aromatic heterocycles. The summed E-state index contributed by atoms with van der Waals surface area (Å²) in [6.07, 6.45) is 0.339. The number of carbonyl (C=O) groups is 1. The van der Waals surface area contributed by atoms with E-state index in [2.05, 4.69) is 10.3 Å². The second-order valence-corrected chi connectivity index (χ2v) is 4.05. The summed E-state index contributed by atoms with van der Waals surface area (Å²) < 4.78 is 10.2. The fourth-order valence-electron chi connectivity index (χ4n) is 1.74. The third-order valence-electron chi connectivity index (χ3n) is 2.55.